The van der Waals surface area contributed by atoms with Crippen LogP contribution in [0, 0.1) is 5.41 Å². The van der Waals surface area contributed by atoms with Gasteiger partial charge in [-0.05, 0) is 64.2 Å². The van der Waals surface area contributed by atoms with Crippen LogP contribution < -0.4 is 20.7 Å². The molecule has 0 saturated carbocycles. The molecule has 4 aromatic rings. The molecule has 1 amide bonds. The van der Waals surface area contributed by atoms with Crippen molar-refractivity contribution in [3.05, 3.63) is 119 Å². The second-order valence-electron chi connectivity index (χ2n) is 9.70. The molecule has 8 nitrogen and oxygen atoms in total. The minimum absolute atomic E-state index is 0.0595. The molecule has 8 heteroatoms. The summed E-state index contributed by atoms with van der Waals surface area (Å²) in [5, 5.41) is 20.9. The largest absolute Gasteiger partial charge is 0.497 e. The maximum absolute atomic E-state index is 13.4. The Morgan fingerprint density at radius 1 is 1.00 bits per heavy atom. The van der Waals surface area contributed by atoms with Crippen molar-refractivity contribution >= 4 is 23.4 Å². The molecule has 0 radical (unpaired) electrons. The quantitative estimate of drug-likeness (QED) is 0.181. The zero-order chi connectivity index (χ0) is 28.2. The molecule has 0 saturated heterocycles. The number of benzene rings is 4. The van der Waals surface area contributed by atoms with Gasteiger partial charge in [-0.2, -0.15) is 0 Å². The summed E-state index contributed by atoms with van der Waals surface area (Å²) in [5.41, 5.74) is 11.5. The Bertz CT molecular complexity index is 1590. The predicted octanol–water partition coefficient (Wildman–Crippen LogP) is 4.76. The number of nitrogen functional groups attached to an aromatic ring is 1. The molecule has 40 heavy (non-hydrogen) atoms. The van der Waals surface area contributed by atoms with Crippen LogP contribution >= 0.6 is 0 Å². The third-order valence-electron chi connectivity index (χ3n) is 7.21. The van der Waals surface area contributed by atoms with Crippen molar-refractivity contribution in [2.45, 2.75) is 19.0 Å². The van der Waals surface area contributed by atoms with Gasteiger partial charge in [0.15, 0.2) is 0 Å². The molecule has 5 rings (SSSR count). The van der Waals surface area contributed by atoms with E-state index in [9.17, 15) is 14.7 Å². The lowest BCUT2D eigenvalue weighted by atomic mass is 9.94. The van der Waals surface area contributed by atoms with Gasteiger partial charge in [-0.1, -0.05) is 54.6 Å². The minimum Gasteiger partial charge on any atom is -0.497 e. The molecule has 0 fully saturated rings. The minimum atomic E-state index is -1.04. The summed E-state index contributed by atoms with van der Waals surface area (Å²) in [4.78, 5) is 27.7. The van der Waals surface area contributed by atoms with E-state index in [1.165, 1.54) is 13.2 Å². The molecule has 202 valence electrons. The second-order valence-corrected chi connectivity index (χ2v) is 9.70. The van der Waals surface area contributed by atoms with Crippen LogP contribution in [0.4, 0.5) is 5.69 Å². The number of hydrogen-bond acceptors (Lipinski definition) is 5. The Labute approximate surface area is 232 Å². The maximum atomic E-state index is 13.4. The monoisotopic (exact) mass is 534 g/mol. The van der Waals surface area contributed by atoms with Crippen LogP contribution in [0.2, 0.25) is 0 Å². The van der Waals surface area contributed by atoms with Gasteiger partial charge >= 0.3 is 5.97 Å². The number of carboxylic acid groups (broad SMARTS) is 1. The number of ether oxygens (including phenoxy) is 1. The summed E-state index contributed by atoms with van der Waals surface area (Å²) in [5.74, 6) is -1.19. The third kappa shape index (κ3) is 5.37. The summed E-state index contributed by atoms with van der Waals surface area (Å²) in [6.45, 7) is 1.30. The van der Waals surface area contributed by atoms with Gasteiger partial charge in [0.05, 0.1) is 18.6 Å². The number of carbonyl (C=O) groups excluding carboxylic acids is 1. The van der Waals surface area contributed by atoms with E-state index in [1.54, 1.807) is 18.2 Å². The summed E-state index contributed by atoms with van der Waals surface area (Å²) in [6, 6.07) is 27.9. The zero-order valence-corrected chi connectivity index (χ0v) is 22.1. The van der Waals surface area contributed by atoms with E-state index in [0.29, 0.717) is 36.5 Å². The number of anilines is 1. The molecule has 0 aromatic heterocycles. The molecule has 0 spiro atoms. The first kappa shape index (κ1) is 26.5. The lowest BCUT2D eigenvalue weighted by molar-refractivity contribution is -0.122. The number of amidine groups is 1. The molecule has 1 aliphatic heterocycles. The van der Waals surface area contributed by atoms with E-state index >= 15 is 0 Å². The normalized spacial score (nSPS) is 13.9. The molecule has 4 aromatic carbocycles. The van der Waals surface area contributed by atoms with Crippen molar-refractivity contribution in [3.8, 4) is 16.9 Å². The van der Waals surface area contributed by atoms with Crippen LogP contribution in [0.25, 0.3) is 11.1 Å². The first-order chi connectivity index (χ1) is 19.4. The van der Waals surface area contributed by atoms with Crippen LogP contribution in [0.5, 0.6) is 5.75 Å². The molecule has 0 aliphatic carbocycles. The SMILES string of the molecule is COc1ccc(-c2ccccc2CN2CC(C(=O)NCc3ccccc3)c3cc(C(=N)N)ccc32)c(C(=O)O)c1. The maximum Gasteiger partial charge on any atom is 0.336 e. The van der Waals surface area contributed by atoms with Crippen LogP contribution in [0.1, 0.15) is 38.5 Å². The molecule has 1 atom stereocenters. The first-order valence-electron chi connectivity index (χ1n) is 12.9. The fourth-order valence-electron chi connectivity index (χ4n) is 5.18. The van der Waals surface area contributed by atoms with E-state index in [4.69, 9.17) is 15.9 Å². The molecular formula is C32H30N4O4. The van der Waals surface area contributed by atoms with Crippen molar-refractivity contribution in [1.82, 2.24) is 5.32 Å². The third-order valence-corrected chi connectivity index (χ3v) is 7.21. The van der Waals surface area contributed by atoms with Gasteiger partial charge < -0.3 is 25.8 Å². The van der Waals surface area contributed by atoms with Gasteiger partial charge in [-0.15, -0.1) is 0 Å². The Kier molecular flexibility index (Phi) is 7.50. The Hall–Kier alpha value is -5.11. The fraction of sp³-hybridized carbons (Fsp3) is 0.156. The topological polar surface area (TPSA) is 129 Å². The number of amides is 1. The Morgan fingerprint density at radius 2 is 1.75 bits per heavy atom. The zero-order valence-electron chi connectivity index (χ0n) is 22.1. The number of hydrogen-bond donors (Lipinski definition) is 4. The summed E-state index contributed by atoms with van der Waals surface area (Å²) in [7, 11) is 1.50. The number of carbonyl (C=O) groups is 2. The smallest absolute Gasteiger partial charge is 0.336 e. The standard InChI is InChI=1S/C32H30N4O4/c1-40-23-12-13-25(27(16-23)32(38)39)24-10-6-5-9-22(24)18-36-19-28(26-15-21(30(33)34)11-14-29(26)36)31(37)35-17-20-7-3-2-4-8-20/h2-16,28H,17-19H2,1H3,(H3,33,34)(H,35,37)(H,38,39). The van der Waals surface area contributed by atoms with Crippen molar-refractivity contribution < 1.29 is 19.4 Å². The average molecular weight is 535 g/mol. The van der Waals surface area contributed by atoms with E-state index in [2.05, 4.69) is 10.2 Å². The number of carboxylic acids is 1. The lowest BCUT2D eigenvalue weighted by Gasteiger charge is -2.22. The Morgan fingerprint density at radius 3 is 2.48 bits per heavy atom. The van der Waals surface area contributed by atoms with Gasteiger partial charge in [0.1, 0.15) is 11.6 Å². The summed E-state index contributed by atoms with van der Waals surface area (Å²) < 4.78 is 5.25. The van der Waals surface area contributed by atoms with Gasteiger partial charge in [-0.3, -0.25) is 10.2 Å². The highest BCUT2D eigenvalue weighted by Crippen LogP contribution is 2.39. The highest BCUT2D eigenvalue weighted by Gasteiger charge is 2.34. The molecule has 1 aliphatic rings. The number of nitrogens with zero attached hydrogens (tertiary/aromatic N) is 1. The number of aromatic carboxylic acids is 1. The number of nitrogens with two attached hydrogens (primary N) is 1. The average Bonchev–Trinajstić information content (AvgIpc) is 3.34. The first-order valence-corrected chi connectivity index (χ1v) is 12.9. The number of nitrogens with one attached hydrogen (secondary N) is 2. The van der Waals surface area contributed by atoms with E-state index in [-0.39, 0.29) is 17.3 Å². The molecular weight excluding hydrogens is 504 g/mol. The second kappa shape index (κ2) is 11.3. The number of methoxy groups -OCH3 is 1. The lowest BCUT2D eigenvalue weighted by Crippen LogP contribution is -2.32. The fourth-order valence-corrected chi connectivity index (χ4v) is 5.18. The van der Waals surface area contributed by atoms with Gasteiger partial charge in [0.25, 0.3) is 0 Å². The number of fused-ring (bicyclic) bond motifs is 1. The summed E-state index contributed by atoms with van der Waals surface area (Å²) in [6.07, 6.45) is 0. The van der Waals surface area contributed by atoms with Crippen LogP contribution in [0.3, 0.4) is 0 Å². The molecule has 1 heterocycles. The van der Waals surface area contributed by atoms with Crippen molar-refractivity contribution in [2.75, 3.05) is 18.6 Å². The number of rotatable bonds is 9. The van der Waals surface area contributed by atoms with E-state index in [0.717, 1.165) is 27.9 Å². The van der Waals surface area contributed by atoms with Gasteiger partial charge in [-0.25, -0.2) is 4.79 Å². The Balaban J connectivity index is 1.47. The van der Waals surface area contributed by atoms with Crippen LogP contribution in [0.15, 0.2) is 91.0 Å². The molecule has 5 N–H and O–H groups in total. The van der Waals surface area contributed by atoms with Crippen molar-refractivity contribution in [3.63, 3.8) is 0 Å². The highest BCUT2D eigenvalue weighted by molar-refractivity contribution is 5.98. The van der Waals surface area contributed by atoms with E-state index < -0.39 is 11.9 Å². The summed E-state index contributed by atoms with van der Waals surface area (Å²) >= 11 is 0. The molecule has 0 bridgehead atoms. The van der Waals surface area contributed by atoms with Crippen molar-refractivity contribution in [2.24, 2.45) is 5.73 Å². The predicted molar refractivity (Wildman–Crippen MR) is 155 cm³/mol. The van der Waals surface area contributed by atoms with Crippen LogP contribution in [-0.4, -0.2) is 36.5 Å². The highest BCUT2D eigenvalue weighted by atomic mass is 16.5. The van der Waals surface area contributed by atoms with E-state index in [1.807, 2.05) is 66.7 Å². The van der Waals surface area contributed by atoms with Crippen LogP contribution in [-0.2, 0) is 17.9 Å². The van der Waals surface area contributed by atoms with Crippen molar-refractivity contribution in [1.29, 1.82) is 5.41 Å². The van der Waals surface area contributed by atoms with Gasteiger partial charge in [0, 0.05) is 30.9 Å². The molecule has 1 unspecified atom stereocenters. The van der Waals surface area contributed by atoms with Gasteiger partial charge in [0.2, 0.25) is 5.91 Å².